The van der Waals surface area contributed by atoms with Gasteiger partial charge in [0.05, 0.1) is 0 Å². The minimum Gasteiger partial charge on any atom is -0.355 e. The van der Waals surface area contributed by atoms with Gasteiger partial charge in [0.2, 0.25) is 0 Å². The van der Waals surface area contributed by atoms with Gasteiger partial charge in [-0.05, 0) is 40.9 Å². The van der Waals surface area contributed by atoms with Crippen molar-refractivity contribution >= 4 is 11.5 Å². The highest BCUT2D eigenvalue weighted by atomic mass is 15.6. The van der Waals surface area contributed by atoms with Crippen LogP contribution in [0, 0.1) is 5.41 Å². The molecule has 0 spiro atoms. The molecule has 1 saturated heterocycles. The van der Waals surface area contributed by atoms with Crippen LogP contribution in [-0.2, 0) is 0 Å². The minimum absolute atomic E-state index is 0.192. The molecule has 17 heavy (non-hydrogen) atoms. The van der Waals surface area contributed by atoms with Crippen LogP contribution in [0.3, 0.4) is 0 Å². The van der Waals surface area contributed by atoms with Crippen LogP contribution < -0.4 is 10.6 Å². The van der Waals surface area contributed by atoms with Gasteiger partial charge in [0.25, 0.3) is 0 Å². The summed E-state index contributed by atoms with van der Waals surface area (Å²) in [6.07, 6.45) is 1.10. The molecule has 0 aliphatic carbocycles. The summed E-state index contributed by atoms with van der Waals surface area (Å²) in [4.78, 5) is 2.23. The molecule has 2 aromatic heterocycles. The van der Waals surface area contributed by atoms with E-state index >= 15 is 0 Å². The first kappa shape index (κ1) is 10.4. The average molecular weight is 233 g/mol. The summed E-state index contributed by atoms with van der Waals surface area (Å²) in [6.45, 7) is 4.83. The highest BCUT2D eigenvalue weighted by Gasteiger charge is 2.33. The zero-order chi connectivity index (χ0) is 11.9. The molecular formula is C10H15N7. The van der Waals surface area contributed by atoms with Crippen molar-refractivity contribution in [2.24, 2.45) is 11.1 Å². The smallest absolute Gasteiger partial charge is 0.200 e. The first-order valence-corrected chi connectivity index (χ1v) is 5.71. The molecule has 2 aromatic rings. The predicted molar refractivity (Wildman–Crippen MR) is 62.6 cm³/mol. The number of hydrogen-bond donors (Lipinski definition) is 1. The van der Waals surface area contributed by atoms with Crippen LogP contribution in [0.1, 0.15) is 13.3 Å². The zero-order valence-electron chi connectivity index (χ0n) is 9.74. The van der Waals surface area contributed by atoms with Crippen LogP contribution in [0.2, 0.25) is 0 Å². The van der Waals surface area contributed by atoms with Crippen molar-refractivity contribution in [3.8, 4) is 0 Å². The monoisotopic (exact) mass is 233 g/mol. The number of nitrogens with two attached hydrogens (primary N) is 1. The van der Waals surface area contributed by atoms with E-state index in [1.54, 1.807) is 0 Å². The maximum Gasteiger partial charge on any atom is 0.200 e. The first-order chi connectivity index (χ1) is 8.20. The molecule has 0 radical (unpaired) electrons. The summed E-state index contributed by atoms with van der Waals surface area (Å²) < 4.78 is 1.45. The van der Waals surface area contributed by atoms with E-state index in [-0.39, 0.29) is 5.41 Å². The maximum atomic E-state index is 5.80. The van der Waals surface area contributed by atoms with E-state index in [2.05, 4.69) is 32.4 Å². The van der Waals surface area contributed by atoms with Crippen LogP contribution in [-0.4, -0.2) is 44.9 Å². The second-order valence-corrected chi connectivity index (χ2v) is 4.90. The SMILES string of the molecule is CC1(CN)CCN(c2ccc3nnnn3n2)C1. The van der Waals surface area contributed by atoms with E-state index in [0.29, 0.717) is 12.2 Å². The molecule has 3 rings (SSSR count). The van der Waals surface area contributed by atoms with Crippen molar-refractivity contribution in [1.82, 2.24) is 25.3 Å². The van der Waals surface area contributed by atoms with Gasteiger partial charge in [0.1, 0.15) is 0 Å². The summed E-state index contributed by atoms with van der Waals surface area (Å²) in [6, 6.07) is 3.83. The molecule has 0 bridgehead atoms. The number of anilines is 1. The Balaban J connectivity index is 1.89. The van der Waals surface area contributed by atoms with E-state index < -0.39 is 0 Å². The second kappa shape index (κ2) is 3.63. The fourth-order valence-corrected chi connectivity index (χ4v) is 2.19. The lowest BCUT2D eigenvalue weighted by Gasteiger charge is -2.22. The molecule has 1 unspecified atom stereocenters. The lowest BCUT2D eigenvalue weighted by Crippen LogP contribution is -2.31. The molecule has 7 heteroatoms. The van der Waals surface area contributed by atoms with Gasteiger partial charge in [0, 0.05) is 13.1 Å². The molecular weight excluding hydrogens is 218 g/mol. The van der Waals surface area contributed by atoms with Gasteiger partial charge in [0.15, 0.2) is 11.5 Å². The Morgan fingerprint density at radius 3 is 3.12 bits per heavy atom. The number of rotatable bonds is 2. The van der Waals surface area contributed by atoms with E-state index in [4.69, 9.17) is 5.73 Å². The Morgan fingerprint density at radius 1 is 1.47 bits per heavy atom. The summed E-state index contributed by atoms with van der Waals surface area (Å²) in [5, 5.41) is 15.6. The number of nitrogens with zero attached hydrogens (tertiary/aromatic N) is 6. The maximum absolute atomic E-state index is 5.80. The fourth-order valence-electron chi connectivity index (χ4n) is 2.19. The fraction of sp³-hybridized carbons (Fsp3) is 0.600. The van der Waals surface area contributed by atoms with Crippen LogP contribution in [0.25, 0.3) is 5.65 Å². The summed E-state index contributed by atoms with van der Waals surface area (Å²) in [5.74, 6) is 0.905. The molecule has 1 aliphatic heterocycles. The number of fused-ring (bicyclic) bond motifs is 1. The molecule has 1 atom stereocenters. The third-order valence-corrected chi connectivity index (χ3v) is 3.43. The standard InChI is InChI=1S/C10H15N7/c1-10(6-11)4-5-16(7-10)9-3-2-8-12-14-15-17(8)13-9/h2-3H,4-7,11H2,1H3. The molecule has 0 amide bonds. The van der Waals surface area contributed by atoms with Gasteiger partial charge in [-0.25, -0.2) is 0 Å². The second-order valence-electron chi connectivity index (χ2n) is 4.90. The van der Waals surface area contributed by atoms with Gasteiger partial charge in [-0.3, -0.25) is 0 Å². The molecule has 1 fully saturated rings. The van der Waals surface area contributed by atoms with Crippen molar-refractivity contribution in [3.05, 3.63) is 12.1 Å². The van der Waals surface area contributed by atoms with E-state index in [9.17, 15) is 0 Å². The average Bonchev–Trinajstić information content (AvgIpc) is 2.95. The van der Waals surface area contributed by atoms with Crippen molar-refractivity contribution in [1.29, 1.82) is 0 Å². The summed E-state index contributed by atoms with van der Waals surface area (Å²) >= 11 is 0. The topological polar surface area (TPSA) is 85.2 Å². The normalized spacial score (nSPS) is 24.7. The van der Waals surface area contributed by atoms with Crippen LogP contribution >= 0.6 is 0 Å². The van der Waals surface area contributed by atoms with E-state index in [1.165, 1.54) is 4.63 Å². The molecule has 7 nitrogen and oxygen atoms in total. The van der Waals surface area contributed by atoms with Crippen molar-refractivity contribution in [2.45, 2.75) is 13.3 Å². The molecule has 3 heterocycles. The summed E-state index contributed by atoms with van der Waals surface area (Å²) in [7, 11) is 0. The highest BCUT2D eigenvalue weighted by molar-refractivity contribution is 5.45. The van der Waals surface area contributed by atoms with E-state index in [1.807, 2.05) is 12.1 Å². The predicted octanol–water partition coefficient (Wildman–Crippen LogP) is -0.306. The van der Waals surface area contributed by atoms with Gasteiger partial charge < -0.3 is 10.6 Å². The lowest BCUT2D eigenvalue weighted by molar-refractivity contribution is 0.383. The van der Waals surface area contributed by atoms with Gasteiger partial charge >= 0.3 is 0 Å². The molecule has 1 aliphatic rings. The Labute approximate surface area is 98.6 Å². The first-order valence-electron chi connectivity index (χ1n) is 5.71. The van der Waals surface area contributed by atoms with Crippen molar-refractivity contribution < 1.29 is 0 Å². The van der Waals surface area contributed by atoms with Gasteiger partial charge in [-0.2, -0.15) is 0 Å². The van der Waals surface area contributed by atoms with Crippen molar-refractivity contribution in [2.75, 3.05) is 24.5 Å². The Morgan fingerprint density at radius 2 is 2.35 bits per heavy atom. The molecule has 0 aromatic carbocycles. The van der Waals surface area contributed by atoms with Gasteiger partial charge in [-0.15, -0.1) is 14.8 Å². The van der Waals surface area contributed by atoms with Gasteiger partial charge in [-0.1, -0.05) is 6.92 Å². The highest BCUT2D eigenvalue weighted by Crippen LogP contribution is 2.31. The van der Waals surface area contributed by atoms with Crippen LogP contribution in [0.4, 0.5) is 5.82 Å². The Kier molecular flexibility index (Phi) is 2.22. The van der Waals surface area contributed by atoms with Crippen LogP contribution in [0.15, 0.2) is 12.1 Å². The van der Waals surface area contributed by atoms with E-state index in [0.717, 1.165) is 25.3 Å². The molecule has 2 N–H and O–H groups in total. The summed E-state index contributed by atoms with van der Waals surface area (Å²) in [5.41, 5.74) is 6.65. The third-order valence-electron chi connectivity index (χ3n) is 3.43. The quantitative estimate of drug-likeness (QED) is 0.766. The van der Waals surface area contributed by atoms with Crippen molar-refractivity contribution in [3.63, 3.8) is 0 Å². The zero-order valence-corrected chi connectivity index (χ0v) is 9.74. The lowest BCUT2D eigenvalue weighted by atomic mass is 9.90. The number of hydrogen-bond acceptors (Lipinski definition) is 6. The Bertz CT molecular complexity index is 536. The molecule has 90 valence electrons. The Hall–Kier alpha value is -1.76. The third kappa shape index (κ3) is 1.72. The largest absolute Gasteiger partial charge is 0.355 e. The number of aromatic nitrogens is 5. The number of tetrazole rings is 1. The molecule has 0 saturated carbocycles. The van der Waals surface area contributed by atoms with Crippen LogP contribution in [0.5, 0.6) is 0 Å². The minimum atomic E-state index is 0.192.